The van der Waals surface area contributed by atoms with Crippen LogP contribution < -0.4 is 5.32 Å². The van der Waals surface area contributed by atoms with Crippen LogP contribution in [0.15, 0.2) is 29.3 Å². The Labute approximate surface area is 160 Å². The van der Waals surface area contributed by atoms with Crippen LogP contribution in [0.25, 0.3) is 0 Å². The number of aryl methyl sites for hydroxylation is 3. The molecule has 0 aliphatic rings. The SMILES string of the molecule is CCn1ncc(Cn2cc(NC(=O)CCn3cc(Br)c(C)n3)cn2)c1C. The van der Waals surface area contributed by atoms with E-state index >= 15 is 0 Å². The molecule has 0 aliphatic carbocycles. The largest absolute Gasteiger partial charge is 0.323 e. The van der Waals surface area contributed by atoms with E-state index in [1.165, 1.54) is 0 Å². The summed E-state index contributed by atoms with van der Waals surface area (Å²) in [5, 5.41) is 15.9. The van der Waals surface area contributed by atoms with Gasteiger partial charge >= 0.3 is 0 Å². The Morgan fingerprint density at radius 3 is 2.65 bits per heavy atom. The second-order valence-electron chi connectivity index (χ2n) is 6.12. The number of aromatic nitrogens is 6. The molecule has 138 valence electrons. The van der Waals surface area contributed by atoms with E-state index in [0.717, 1.165) is 28.0 Å². The van der Waals surface area contributed by atoms with Crippen molar-refractivity contribution in [1.29, 1.82) is 0 Å². The van der Waals surface area contributed by atoms with E-state index in [2.05, 4.69) is 43.5 Å². The molecule has 26 heavy (non-hydrogen) atoms. The fourth-order valence-electron chi connectivity index (χ4n) is 2.70. The summed E-state index contributed by atoms with van der Waals surface area (Å²) < 4.78 is 6.46. The molecule has 9 heteroatoms. The summed E-state index contributed by atoms with van der Waals surface area (Å²) >= 11 is 3.42. The quantitative estimate of drug-likeness (QED) is 0.637. The summed E-state index contributed by atoms with van der Waals surface area (Å²) in [5.41, 5.74) is 3.85. The van der Waals surface area contributed by atoms with Crippen molar-refractivity contribution < 1.29 is 4.79 Å². The molecular weight excluding hydrogens is 398 g/mol. The lowest BCUT2D eigenvalue weighted by molar-refractivity contribution is -0.116. The minimum Gasteiger partial charge on any atom is -0.323 e. The van der Waals surface area contributed by atoms with Gasteiger partial charge in [0.15, 0.2) is 0 Å². The molecule has 3 heterocycles. The molecule has 1 amide bonds. The highest BCUT2D eigenvalue weighted by atomic mass is 79.9. The number of nitrogens with zero attached hydrogens (tertiary/aromatic N) is 6. The maximum absolute atomic E-state index is 12.1. The number of halogens is 1. The van der Waals surface area contributed by atoms with Gasteiger partial charge in [-0.25, -0.2) is 0 Å². The van der Waals surface area contributed by atoms with Crippen LogP contribution in [0.2, 0.25) is 0 Å². The van der Waals surface area contributed by atoms with Crippen molar-refractivity contribution in [1.82, 2.24) is 29.3 Å². The molecule has 0 atom stereocenters. The highest BCUT2D eigenvalue weighted by Gasteiger charge is 2.09. The second kappa shape index (κ2) is 7.86. The van der Waals surface area contributed by atoms with Crippen molar-refractivity contribution >= 4 is 27.5 Å². The van der Waals surface area contributed by atoms with Gasteiger partial charge in [0.2, 0.25) is 5.91 Å². The third-order valence-corrected chi connectivity index (χ3v) is 4.99. The van der Waals surface area contributed by atoms with Crippen LogP contribution in [-0.2, 0) is 24.4 Å². The minimum absolute atomic E-state index is 0.0659. The monoisotopic (exact) mass is 419 g/mol. The van der Waals surface area contributed by atoms with Gasteiger partial charge in [-0.15, -0.1) is 0 Å². The summed E-state index contributed by atoms with van der Waals surface area (Å²) in [6, 6.07) is 0. The van der Waals surface area contributed by atoms with E-state index in [9.17, 15) is 4.79 Å². The summed E-state index contributed by atoms with van der Waals surface area (Å²) in [6.45, 7) is 8.03. The van der Waals surface area contributed by atoms with E-state index in [4.69, 9.17) is 0 Å². The first-order valence-electron chi connectivity index (χ1n) is 8.49. The predicted octanol–water partition coefficient (Wildman–Crippen LogP) is 2.75. The van der Waals surface area contributed by atoms with Crippen LogP contribution in [0.4, 0.5) is 5.69 Å². The van der Waals surface area contributed by atoms with Crippen LogP contribution in [0.3, 0.4) is 0 Å². The van der Waals surface area contributed by atoms with Gasteiger partial charge in [0, 0.05) is 43.2 Å². The van der Waals surface area contributed by atoms with Gasteiger partial charge in [-0.1, -0.05) is 0 Å². The molecule has 0 saturated carbocycles. The Bertz CT molecular complexity index is 889. The average Bonchev–Trinajstić information content (AvgIpc) is 3.28. The molecule has 3 aromatic rings. The van der Waals surface area contributed by atoms with Gasteiger partial charge in [0.1, 0.15) is 0 Å². The molecule has 0 radical (unpaired) electrons. The van der Waals surface area contributed by atoms with Crippen LogP contribution >= 0.6 is 15.9 Å². The third-order valence-electron chi connectivity index (χ3n) is 4.21. The highest BCUT2D eigenvalue weighted by Crippen LogP contribution is 2.14. The first kappa shape index (κ1) is 18.4. The van der Waals surface area contributed by atoms with Gasteiger partial charge in [0.25, 0.3) is 0 Å². The molecule has 0 bridgehead atoms. The number of carbonyl (C=O) groups excluding carboxylic acids is 1. The molecule has 3 rings (SSSR count). The number of hydrogen-bond donors (Lipinski definition) is 1. The van der Waals surface area contributed by atoms with Gasteiger partial charge < -0.3 is 5.32 Å². The molecule has 0 saturated heterocycles. The number of anilines is 1. The molecule has 0 aliphatic heterocycles. The van der Waals surface area contributed by atoms with Crippen LogP contribution in [0.5, 0.6) is 0 Å². The second-order valence-corrected chi connectivity index (χ2v) is 6.98. The number of carbonyl (C=O) groups is 1. The molecule has 0 aromatic carbocycles. The Morgan fingerprint density at radius 1 is 1.19 bits per heavy atom. The molecule has 8 nitrogen and oxygen atoms in total. The zero-order valence-electron chi connectivity index (χ0n) is 15.1. The Balaban J connectivity index is 1.54. The standard InChI is InChI=1S/C17H22BrN7O/c1-4-25-13(3)14(7-20-25)9-24-10-15(8-19-24)21-17(26)5-6-23-11-16(18)12(2)22-23/h7-8,10-11H,4-6,9H2,1-3H3,(H,21,26). The fourth-order valence-corrected chi connectivity index (χ4v) is 3.01. The summed E-state index contributed by atoms with van der Waals surface area (Å²) in [4.78, 5) is 12.1. The maximum atomic E-state index is 12.1. The van der Waals surface area contributed by atoms with Crippen LogP contribution in [0.1, 0.15) is 30.3 Å². The zero-order chi connectivity index (χ0) is 18.7. The summed E-state index contributed by atoms with van der Waals surface area (Å²) in [7, 11) is 0. The van der Waals surface area contributed by atoms with Crippen molar-refractivity contribution in [2.24, 2.45) is 0 Å². The average molecular weight is 420 g/mol. The lowest BCUT2D eigenvalue weighted by Crippen LogP contribution is -2.14. The minimum atomic E-state index is -0.0659. The molecule has 3 aromatic heterocycles. The first-order valence-corrected chi connectivity index (χ1v) is 9.28. The van der Waals surface area contributed by atoms with Crippen molar-refractivity contribution in [2.75, 3.05) is 5.32 Å². The van der Waals surface area contributed by atoms with E-state index in [1.54, 1.807) is 15.6 Å². The molecule has 0 unspecified atom stereocenters. The first-order chi connectivity index (χ1) is 12.5. The predicted molar refractivity (Wildman–Crippen MR) is 102 cm³/mol. The van der Waals surface area contributed by atoms with E-state index in [-0.39, 0.29) is 5.91 Å². The molecule has 0 spiro atoms. The summed E-state index contributed by atoms with van der Waals surface area (Å²) in [6.07, 6.45) is 7.57. The Morgan fingerprint density at radius 2 is 2.00 bits per heavy atom. The zero-order valence-corrected chi connectivity index (χ0v) is 16.7. The normalized spacial score (nSPS) is 11.1. The smallest absolute Gasteiger partial charge is 0.226 e. The van der Waals surface area contributed by atoms with Gasteiger partial charge in [0.05, 0.1) is 34.8 Å². The van der Waals surface area contributed by atoms with Gasteiger partial charge in [-0.05, 0) is 36.7 Å². The van der Waals surface area contributed by atoms with Crippen molar-refractivity contribution in [3.8, 4) is 0 Å². The maximum Gasteiger partial charge on any atom is 0.226 e. The molecular formula is C17H22BrN7O. The van der Waals surface area contributed by atoms with Crippen LogP contribution in [-0.4, -0.2) is 35.2 Å². The van der Waals surface area contributed by atoms with Crippen molar-refractivity contribution in [3.63, 3.8) is 0 Å². The van der Waals surface area contributed by atoms with E-state index < -0.39 is 0 Å². The number of hydrogen-bond acceptors (Lipinski definition) is 4. The Kier molecular flexibility index (Phi) is 5.55. The van der Waals surface area contributed by atoms with Crippen molar-refractivity contribution in [3.05, 3.63) is 46.2 Å². The molecule has 1 N–H and O–H groups in total. The van der Waals surface area contributed by atoms with E-state index in [1.807, 2.05) is 37.1 Å². The summed E-state index contributed by atoms with van der Waals surface area (Å²) in [5.74, 6) is -0.0659. The number of rotatable bonds is 7. The van der Waals surface area contributed by atoms with E-state index in [0.29, 0.717) is 25.2 Å². The van der Waals surface area contributed by atoms with Crippen molar-refractivity contribution in [2.45, 2.75) is 46.8 Å². The fraction of sp³-hybridized carbons (Fsp3) is 0.412. The highest BCUT2D eigenvalue weighted by molar-refractivity contribution is 9.10. The van der Waals surface area contributed by atoms with Gasteiger partial charge in [-0.3, -0.25) is 18.8 Å². The van der Waals surface area contributed by atoms with Crippen LogP contribution in [0, 0.1) is 13.8 Å². The topological polar surface area (TPSA) is 82.6 Å². The van der Waals surface area contributed by atoms with Gasteiger partial charge in [-0.2, -0.15) is 15.3 Å². The number of nitrogens with one attached hydrogen (secondary N) is 1. The number of amides is 1. The third kappa shape index (κ3) is 4.21. The lowest BCUT2D eigenvalue weighted by atomic mass is 10.2. The Hall–Kier alpha value is -2.42. The lowest BCUT2D eigenvalue weighted by Gasteiger charge is -2.04. The molecule has 0 fully saturated rings.